The summed E-state index contributed by atoms with van der Waals surface area (Å²) in [4.78, 5) is 0. The van der Waals surface area contributed by atoms with Crippen molar-refractivity contribution in [2.75, 3.05) is 0 Å². The molecule has 0 saturated heterocycles. The number of rotatable bonds is 7. The average molecular weight is 471 g/mol. The Bertz CT molecular complexity index is 1060. The van der Waals surface area contributed by atoms with E-state index in [-0.39, 0.29) is 16.1 Å². The molecule has 1 aliphatic rings. The third kappa shape index (κ3) is 6.20. The molecule has 0 heterocycles. The first-order valence-corrected chi connectivity index (χ1v) is 12.3. The fourth-order valence-electron chi connectivity index (χ4n) is 5.00. The highest BCUT2D eigenvalue weighted by Crippen LogP contribution is 2.35. The summed E-state index contributed by atoms with van der Waals surface area (Å²) in [5, 5.41) is -0.0685. The molecule has 0 atom stereocenters. The van der Waals surface area contributed by atoms with Crippen molar-refractivity contribution in [3.8, 4) is 11.1 Å². The molecule has 0 nitrogen and oxygen atoms in total. The number of hydrogen-bond donors (Lipinski definition) is 0. The van der Waals surface area contributed by atoms with Gasteiger partial charge in [0, 0.05) is 0 Å². The molecule has 4 rings (SSSR count). The Hall–Kier alpha value is -2.26. The third-order valence-corrected chi connectivity index (χ3v) is 7.39. The summed E-state index contributed by atoms with van der Waals surface area (Å²) in [6, 6.07) is 15.4. The van der Waals surface area contributed by atoms with E-state index >= 15 is 0 Å². The van der Waals surface area contributed by atoms with Gasteiger partial charge in [0.2, 0.25) is 0 Å². The first-order chi connectivity index (χ1) is 15.9. The largest absolute Gasteiger partial charge is 0.206 e. The molecule has 1 aliphatic carbocycles. The molecule has 3 aromatic carbocycles. The predicted octanol–water partition coefficient (Wildman–Crippen LogP) is 9.10. The van der Waals surface area contributed by atoms with E-state index in [1.54, 1.807) is 0 Å². The molecule has 33 heavy (non-hydrogen) atoms. The molecule has 174 valence electrons. The molecular weight excluding hydrogens is 441 g/mol. The van der Waals surface area contributed by atoms with E-state index < -0.39 is 17.5 Å². The van der Waals surface area contributed by atoms with Crippen molar-refractivity contribution in [1.82, 2.24) is 0 Å². The monoisotopic (exact) mass is 470 g/mol. The van der Waals surface area contributed by atoms with Gasteiger partial charge >= 0.3 is 0 Å². The molecule has 0 amide bonds. The van der Waals surface area contributed by atoms with Gasteiger partial charge in [-0.15, -0.1) is 0 Å². The second-order valence-corrected chi connectivity index (χ2v) is 9.92. The molecule has 0 bridgehead atoms. The average Bonchev–Trinajstić information content (AvgIpc) is 2.80. The molecule has 0 N–H and O–H groups in total. The van der Waals surface area contributed by atoms with Gasteiger partial charge in [-0.3, -0.25) is 0 Å². The van der Waals surface area contributed by atoms with Crippen LogP contribution in [0.5, 0.6) is 0 Å². The summed E-state index contributed by atoms with van der Waals surface area (Å²) in [7, 11) is 0. The Kier molecular flexibility index (Phi) is 7.80. The van der Waals surface area contributed by atoms with Crippen LogP contribution < -0.4 is 0 Å². The molecule has 4 heteroatoms. The minimum atomic E-state index is -0.688. The van der Waals surface area contributed by atoms with Crippen molar-refractivity contribution < 1.29 is 13.2 Å². The number of aryl methyl sites for hydroxylation is 3. The van der Waals surface area contributed by atoms with Crippen LogP contribution in [0.3, 0.4) is 0 Å². The first-order valence-electron chi connectivity index (χ1n) is 11.9. The van der Waals surface area contributed by atoms with Crippen molar-refractivity contribution in [1.29, 1.82) is 0 Å². The fourth-order valence-corrected chi connectivity index (χ4v) is 5.12. The summed E-state index contributed by atoms with van der Waals surface area (Å²) in [6.07, 6.45) is 8.81. The molecule has 0 unspecified atom stereocenters. The Morgan fingerprint density at radius 1 is 0.697 bits per heavy atom. The van der Waals surface area contributed by atoms with E-state index in [0.29, 0.717) is 17.9 Å². The van der Waals surface area contributed by atoms with Crippen molar-refractivity contribution in [3.63, 3.8) is 0 Å². The highest BCUT2D eigenvalue weighted by molar-refractivity contribution is 6.30. The van der Waals surface area contributed by atoms with Crippen LogP contribution in [0.2, 0.25) is 5.02 Å². The van der Waals surface area contributed by atoms with E-state index in [9.17, 15) is 13.2 Å². The maximum atomic E-state index is 14.7. The van der Waals surface area contributed by atoms with Gasteiger partial charge in [0.15, 0.2) is 0 Å². The van der Waals surface area contributed by atoms with Crippen LogP contribution in [0.15, 0.2) is 54.6 Å². The minimum Gasteiger partial charge on any atom is -0.206 e. The SMILES string of the molecule is Cc1ccc(CCC2CCC(CCc3cc(F)c(-c4ccc(Cl)c(F)c4)c(F)c3)CC2)cc1. The molecule has 0 aromatic heterocycles. The lowest BCUT2D eigenvalue weighted by Crippen LogP contribution is -2.16. The minimum absolute atomic E-state index is 0.0685. The van der Waals surface area contributed by atoms with E-state index in [4.69, 9.17) is 11.6 Å². The van der Waals surface area contributed by atoms with Gasteiger partial charge in [-0.05, 0) is 85.4 Å². The van der Waals surface area contributed by atoms with Gasteiger partial charge in [0.1, 0.15) is 17.5 Å². The van der Waals surface area contributed by atoms with Crippen LogP contribution in [-0.4, -0.2) is 0 Å². The van der Waals surface area contributed by atoms with Crippen LogP contribution in [0, 0.1) is 36.2 Å². The van der Waals surface area contributed by atoms with Gasteiger partial charge in [0.05, 0.1) is 10.6 Å². The maximum Gasteiger partial charge on any atom is 0.142 e. The van der Waals surface area contributed by atoms with Crippen LogP contribution in [-0.2, 0) is 12.8 Å². The lowest BCUT2D eigenvalue weighted by atomic mass is 9.77. The lowest BCUT2D eigenvalue weighted by molar-refractivity contribution is 0.253. The number of hydrogen-bond acceptors (Lipinski definition) is 0. The Balaban J connectivity index is 1.28. The van der Waals surface area contributed by atoms with Crippen LogP contribution in [0.1, 0.15) is 55.2 Å². The summed E-state index contributed by atoms with van der Waals surface area (Å²) < 4.78 is 43.1. The topological polar surface area (TPSA) is 0 Å². The second kappa shape index (κ2) is 10.8. The van der Waals surface area contributed by atoms with Crippen LogP contribution >= 0.6 is 11.6 Å². The zero-order valence-corrected chi connectivity index (χ0v) is 19.8. The number of halogens is 4. The molecular formula is C29H30ClF3. The number of benzene rings is 3. The normalized spacial score (nSPS) is 18.5. The molecule has 3 aromatic rings. The van der Waals surface area contributed by atoms with Crippen molar-refractivity contribution in [3.05, 3.63) is 93.8 Å². The second-order valence-electron chi connectivity index (χ2n) is 9.51. The standard InChI is InChI=1S/C29H30ClF3/c1-19-2-4-20(5-3-19)6-7-21-8-10-22(11-9-21)12-13-23-16-27(32)29(28(33)17-23)24-14-15-25(30)26(31)18-24/h2-5,14-18,21-22H,6-13H2,1H3. The molecule has 0 radical (unpaired) electrons. The summed E-state index contributed by atoms with van der Waals surface area (Å²) in [5.74, 6) is -0.627. The van der Waals surface area contributed by atoms with E-state index in [0.717, 1.165) is 24.8 Å². The van der Waals surface area contributed by atoms with Gasteiger partial charge in [0.25, 0.3) is 0 Å². The summed E-state index contributed by atoms with van der Waals surface area (Å²) >= 11 is 5.69. The van der Waals surface area contributed by atoms with Crippen molar-refractivity contribution in [2.24, 2.45) is 11.8 Å². The molecule has 0 aliphatic heterocycles. The van der Waals surface area contributed by atoms with Crippen molar-refractivity contribution >= 4 is 11.6 Å². The van der Waals surface area contributed by atoms with Crippen LogP contribution in [0.4, 0.5) is 13.2 Å². The highest BCUT2D eigenvalue weighted by Gasteiger charge is 2.22. The van der Waals surface area contributed by atoms with Gasteiger partial charge in [-0.1, -0.05) is 73.2 Å². The lowest BCUT2D eigenvalue weighted by Gasteiger charge is -2.28. The highest BCUT2D eigenvalue weighted by atomic mass is 35.5. The Morgan fingerprint density at radius 2 is 1.24 bits per heavy atom. The molecule has 0 spiro atoms. The predicted molar refractivity (Wildman–Crippen MR) is 130 cm³/mol. The first kappa shape index (κ1) is 23.9. The van der Waals surface area contributed by atoms with Crippen LogP contribution in [0.25, 0.3) is 11.1 Å². The quantitative estimate of drug-likeness (QED) is 0.323. The zero-order chi connectivity index (χ0) is 23.4. The van der Waals surface area contributed by atoms with Gasteiger partial charge in [-0.25, -0.2) is 13.2 Å². The zero-order valence-electron chi connectivity index (χ0n) is 19.0. The summed E-state index contributed by atoms with van der Waals surface area (Å²) in [6.45, 7) is 2.11. The van der Waals surface area contributed by atoms with E-state index in [1.807, 2.05) is 0 Å². The third-order valence-electron chi connectivity index (χ3n) is 7.08. The van der Waals surface area contributed by atoms with Gasteiger partial charge in [-0.2, -0.15) is 0 Å². The smallest absolute Gasteiger partial charge is 0.142 e. The Labute approximate surface area is 199 Å². The fraction of sp³-hybridized carbons (Fsp3) is 0.379. The van der Waals surface area contributed by atoms with E-state index in [2.05, 4.69) is 31.2 Å². The maximum absolute atomic E-state index is 14.7. The molecule has 1 fully saturated rings. The van der Waals surface area contributed by atoms with Gasteiger partial charge < -0.3 is 0 Å². The Morgan fingerprint density at radius 3 is 1.79 bits per heavy atom. The summed E-state index contributed by atoms with van der Waals surface area (Å²) in [5.41, 5.74) is 3.32. The molecule has 1 saturated carbocycles. The van der Waals surface area contributed by atoms with E-state index in [1.165, 1.54) is 67.5 Å². The van der Waals surface area contributed by atoms with Crippen molar-refractivity contribution in [2.45, 2.75) is 58.3 Å².